The van der Waals surface area contributed by atoms with Gasteiger partial charge in [0.15, 0.2) is 0 Å². The molecule has 2 heterocycles. The monoisotopic (exact) mass is 195 g/mol. The number of nitrogen functional groups attached to an aromatic ring is 1. The Morgan fingerprint density at radius 2 is 2.29 bits per heavy atom. The van der Waals surface area contributed by atoms with Gasteiger partial charge in [0.1, 0.15) is 11.6 Å². The van der Waals surface area contributed by atoms with Crippen molar-refractivity contribution < 1.29 is 9.84 Å². The van der Waals surface area contributed by atoms with Crippen LogP contribution in [0.15, 0.2) is 0 Å². The summed E-state index contributed by atoms with van der Waals surface area (Å²) in [6.07, 6.45) is 1.22. The Morgan fingerprint density at radius 3 is 3.07 bits per heavy atom. The van der Waals surface area contributed by atoms with Crippen molar-refractivity contribution in [3.05, 3.63) is 17.1 Å². The molecular formula is C9H13N3O2. The third kappa shape index (κ3) is 1.69. The Hall–Kier alpha value is -1.20. The summed E-state index contributed by atoms with van der Waals surface area (Å²) >= 11 is 0. The van der Waals surface area contributed by atoms with Crippen molar-refractivity contribution in [2.24, 2.45) is 0 Å². The van der Waals surface area contributed by atoms with Gasteiger partial charge in [0.2, 0.25) is 0 Å². The van der Waals surface area contributed by atoms with Gasteiger partial charge in [-0.05, 0) is 0 Å². The van der Waals surface area contributed by atoms with Crippen LogP contribution in [0, 0.1) is 0 Å². The standard InChI is InChI=1S/C9H13N3O2/c10-9-6-2-4-14-5-7(6)11-8(12-9)1-3-13/h13H,1-5H2,(H2,10,11,12). The summed E-state index contributed by atoms with van der Waals surface area (Å²) in [5.41, 5.74) is 7.65. The van der Waals surface area contributed by atoms with Crippen LogP contribution in [-0.4, -0.2) is 28.3 Å². The quantitative estimate of drug-likeness (QED) is 0.675. The van der Waals surface area contributed by atoms with Crippen LogP contribution in [0.25, 0.3) is 0 Å². The molecule has 5 nitrogen and oxygen atoms in total. The van der Waals surface area contributed by atoms with Crippen LogP contribution in [0.1, 0.15) is 17.1 Å². The largest absolute Gasteiger partial charge is 0.396 e. The molecule has 1 aromatic rings. The summed E-state index contributed by atoms with van der Waals surface area (Å²) in [6.45, 7) is 1.22. The molecule has 2 rings (SSSR count). The maximum absolute atomic E-state index is 8.76. The minimum atomic E-state index is 0.0408. The lowest BCUT2D eigenvalue weighted by molar-refractivity contribution is 0.107. The van der Waals surface area contributed by atoms with E-state index in [0.29, 0.717) is 31.3 Å². The highest BCUT2D eigenvalue weighted by molar-refractivity contribution is 5.43. The zero-order valence-electron chi connectivity index (χ0n) is 7.86. The van der Waals surface area contributed by atoms with E-state index in [1.54, 1.807) is 0 Å². The van der Waals surface area contributed by atoms with Gasteiger partial charge < -0.3 is 15.6 Å². The van der Waals surface area contributed by atoms with Crippen molar-refractivity contribution >= 4 is 5.82 Å². The van der Waals surface area contributed by atoms with Gasteiger partial charge in [-0.1, -0.05) is 0 Å². The number of hydrogen-bond acceptors (Lipinski definition) is 5. The van der Waals surface area contributed by atoms with E-state index in [0.717, 1.165) is 17.7 Å². The lowest BCUT2D eigenvalue weighted by atomic mass is 10.1. The number of rotatable bonds is 2. The van der Waals surface area contributed by atoms with Crippen molar-refractivity contribution in [3.63, 3.8) is 0 Å². The smallest absolute Gasteiger partial charge is 0.133 e. The molecule has 14 heavy (non-hydrogen) atoms. The highest BCUT2D eigenvalue weighted by atomic mass is 16.5. The van der Waals surface area contributed by atoms with Gasteiger partial charge in [-0.25, -0.2) is 9.97 Å². The number of anilines is 1. The number of fused-ring (bicyclic) bond motifs is 1. The van der Waals surface area contributed by atoms with E-state index in [-0.39, 0.29) is 6.61 Å². The second-order valence-electron chi connectivity index (χ2n) is 3.23. The Labute approximate surface area is 81.9 Å². The van der Waals surface area contributed by atoms with Gasteiger partial charge >= 0.3 is 0 Å². The lowest BCUT2D eigenvalue weighted by Gasteiger charge is -2.17. The molecule has 0 aromatic carbocycles. The van der Waals surface area contributed by atoms with E-state index in [1.165, 1.54) is 0 Å². The molecule has 1 aliphatic heterocycles. The Balaban J connectivity index is 2.36. The van der Waals surface area contributed by atoms with Gasteiger partial charge in [0.25, 0.3) is 0 Å². The highest BCUT2D eigenvalue weighted by Gasteiger charge is 2.15. The molecule has 1 aromatic heterocycles. The average molecular weight is 195 g/mol. The summed E-state index contributed by atoms with van der Waals surface area (Å²) in [6, 6.07) is 0. The van der Waals surface area contributed by atoms with Crippen LogP contribution in [0.4, 0.5) is 5.82 Å². The predicted octanol–water partition coefficient (Wildman–Crippen LogP) is -0.334. The summed E-state index contributed by atoms with van der Waals surface area (Å²) in [5, 5.41) is 8.76. The van der Waals surface area contributed by atoms with E-state index >= 15 is 0 Å². The fourth-order valence-electron chi connectivity index (χ4n) is 1.55. The predicted molar refractivity (Wildman–Crippen MR) is 50.6 cm³/mol. The molecule has 0 amide bonds. The molecule has 0 saturated heterocycles. The molecule has 1 aliphatic rings. The zero-order chi connectivity index (χ0) is 9.97. The number of hydrogen-bond donors (Lipinski definition) is 2. The number of aliphatic hydroxyl groups excluding tert-OH is 1. The van der Waals surface area contributed by atoms with Crippen LogP contribution in [-0.2, 0) is 24.2 Å². The highest BCUT2D eigenvalue weighted by Crippen LogP contribution is 2.19. The summed E-state index contributed by atoms with van der Waals surface area (Å²) in [4.78, 5) is 8.42. The molecule has 5 heteroatoms. The first-order valence-electron chi connectivity index (χ1n) is 4.64. The maximum atomic E-state index is 8.76. The summed E-state index contributed by atoms with van der Waals surface area (Å²) in [5.74, 6) is 1.12. The zero-order valence-corrected chi connectivity index (χ0v) is 7.86. The number of nitrogens with two attached hydrogens (primary N) is 1. The van der Waals surface area contributed by atoms with Gasteiger partial charge in [-0.15, -0.1) is 0 Å². The number of aromatic nitrogens is 2. The van der Waals surface area contributed by atoms with Crippen molar-refractivity contribution in [3.8, 4) is 0 Å². The van der Waals surface area contributed by atoms with Crippen molar-refractivity contribution in [2.75, 3.05) is 18.9 Å². The second-order valence-corrected chi connectivity index (χ2v) is 3.23. The van der Waals surface area contributed by atoms with Gasteiger partial charge in [0, 0.05) is 18.4 Å². The molecule has 76 valence electrons. The molecule has 0 bridgehead atoms. The van der Waals surface area contributed by atoms with Gasteiger partial charge in [0.05, 0.1) is 25.5 Å². The Bertz CT molecular complexity index is 341. The minimum absolute atomic E-state index is 0.0408. The van der Waals surface area contributed by atoms with Crippen LogP contribution >= 0.6 is 0 Å². The van der Waals surface area contributed by atoms with Crippen LogP contribution < -0.4 is 5.73 Å². The Kier molecular flexibility index (Phi) is 2.60. The first-order valence-corrected chi connectivity index (χ1v) is 4.64. The fraction of sp³-hybridized carbons (Fsp3) is 0.556. The third-order valence-corrected chi connectivity index (χ3v) is 2.24. The van der Waals surface area contributed by atoms with Crippen molar-refractivity contribution in [1.82, 2.24) is 9.97 Å². The molecule has 3 N–H and O–H groups in total. The summed E-state index contributed by atoms with van der Waals surface area (Å²) < 4.78 is 5.28. The first kappa shape index (κ1) is 9.36. The van der Waals surface area contributed by atoms with E-state index < -0.39 is 0 Å². The Morgan fingerprint density at radius 1 is 1.43 bits per heavy atom. The first-order chi connectivity index (χ1) is 6.81. The van der Waals surface area contributed by atoms with E-state index in [2.05, 4.69) is 9.97 Å². The average Bonchev–Trinajstić information content (AvgIpc) is 2.18. The maximum Gasteiger partial charge on any atom is 0.133 e. The molecule has 0 fully saturated rings. The van der Waals surface area contributed by atoms with Gasteiger partial charge in [-0.2, -0.15) is 0 Å². The van der Waals surface area contributed by atoms with E-state index in [9.17, 15) is 0 Å². The van der Waals surface area contributed by atoms with Crippen LogP contribution in [0.2, 0.25) is 0 Å². The number of nitrogens with zero attached hydrogens (tertiary/aromatic N) is 2. The number of ether oxygens (including phenoxy) is 1. The fourth-order valence-corrected chi connectivity index (χ4v) is 1.55. The molecular weight excluding hydrogens is 182 g/mol. The molecule has 0 spiro atoms. The lowest BCUT2D eigenvalue weighted by Crippen LogP contribution is -2.17. The number of aliphatic hydroxyl groups is 1. The molecule has 0 saturated carbocycles. The third-order valence-electron chi connectivity index (χ3n) is 2.24. The van der Waals surface area contributed by atoms with Crippen molar-refractivity contribution in [1.29, 1.82) is 0 Å². The molecule has 0 atom stereocenters. The molecule has 0 aliphatic carbocycles. The van der Waals surface area contributed by atoms with Crippen LogP contribution in [0.3, 0.4) is 0 Å². The van der Waals surface area contributed by atoms with Gasteiger partial charge in [-0.3, -0.25) is 0 Å². The SMILES string of the molecule is Nc1nc(CCO)nc2c1CCOC2. The molecule has 0 unspecified atom stereocenters. The second kappa shape index (κ2) is 3.89. The molecule has 0 radical (unpaired) electrons. The minimum Gasteiger partial charge on any atom is -0.396 e. The topological polar surface area (TPSA) is 81.3 Å². The normalized spacial score (nSPS) is 15.2. The summed E-state index contributed by atoms with van der Waals surface area (Å²) in [7, 11) is 0. The van der Waals surface area contributed by atoms with E-state index in [1.807, 2.05) is 0 Å². The van der Waals surface area contributed by atoms with E-state index in [4.69, 9.17) is 15.6 Å². The van der Waals surface area contributed by atoms with Crippen LogP contribution in [0.5, 0.6) is 0 Å². The van der Waals surface area contributed by atoms with Crippen molar-refractivity contribution in [2.45, 2.75) is 19.4 Å².